The van der Waals surface area contributed by atoms with Crippen LogP contribution in [0.25, 0.3) is 5.65 Å². The third-order valence-corrected chi connectivity index (χ3v) is 3.97. The molecule has 0 aliphatic carbocycles. The Kier molecular flexibility index (Phi) is 4.13. The highest BCUT2D eigenvalue weighted by Crippen LogP contribution is 2.25. The molecule has 112 valence electrons. The predicted molar refractivity (Wildman–Crippen MR) is 87.9 cm³/mol. The molecular formula is C15H10BrClFN3O. The van der Waals surface area contributed by atoms with Gasteiger partial charge in [-0.2, -0.15) is 0 Å². The van der Waals surface area contributed by atoms with Crippen LogP contribution < -0.4 is 10.9 Å². The van der Waals surface area contributed by atoms with Crippen molar-refractivity contribution in [1.82, 2.24) is 9.38 Å². The molecule has 4 nitrogen and oxygen atoms in total. The molecule has 0 atom stereocenters. The van der Waals surface area contributed by atoms with Crippen LogP contribution in [-0.2, 0) is 6.54 Å². The molecule has 0 saturated heterocycles. The van der Waals surface area contributed by atoms with Gasteiger partial charge in [-0.1, -0.05) is 17.7 Å². The first-order valence-electron chi connectivity index (χ1n) is 6.40. The summed E-state index contributed by atoms with van der Waals surface area (Å²) >= 11 is 9.14. The molecule has 0 aliphatic heterocycles. The second kappa shape index (κ2) is 6.06. The van der Waals surface area contributed by atoms with Crippen LogP contribution in [0.5, 0.6) is 0 Å². The number of aromatic nitrogens is 2. The van der Waals surface area contributed by atoms with Crippen LogP contribution in [0, 0.1) is 5.82 Å². The molecule has 0 bridgehead atoms. The zero-order chi connectivity index (χ0) is 15.7. The first-order chi connectivity index (χ1) is 10.5. The quantitative estimate of drug-likeness (QED) is 0.748. The van der Waals surface area contributed by atoms with E-state index in [-0.39, 0.29) is 17.9 Å². The van der Waals surface area contributed by atoms with Crippen LogP contribution in [0.2, 0.25) is 5.02 Å². The fourth-order valence-electron chi connectivity index (χ4n) is 2.06. The normalized spacial score (nSPS) is 10.9. The van der Waals surface area contributed by atoms with Crippen molar-refractivity contribution in [3.63, 3.8) is 0 Å². The van der Waals surface area contributed by atoms with E-state index >= 15 is 0 Å². The van der Waals surface area contributed by atoms with Crippen LogP contribution in [0.15, 0.2) is 51.9 Å². The molecule has 0 aliphatic rings. The summed E-state index contributed by atoms with van der Waals surface area (Å²) in [7, 11) is 0. The highest BCUT2D eigenvalue weighted by atomic mass is 79.9. The van der Waals surface area contributed by atoms with Crippen LogP contribution in [0.1, 0.15) is 5.69 Å². The standard InChI is InChI=1S/C15H10BrClFN3O/c16-11-2-1-3-12(18)15(11)19-7-10-6-14(22)21-8-9(17)4-5-13(21)20-10/h1-6,8,19H,7H2. The molecule has 3 aromatic rings. The number of hydrogen-bond donors (Lipinski definition) is 1. The molecular weight excluding hydrogens is 373 g/mol. The van der Waals surface area contributed by atoms with Crippen LogP contribution >= 0.6 is 27.5 Å². The topological polar surface area (TPSA) is 46.4 Å². The largest absolute Gasteiger partial charge is 0.376 e. The Morgan fingerprint density at radius 3 is 2.91 bits per heavy atom. The van der Waals surface area contributed by atoms with Gasteiger partial charge in [-0.3, -0.25) is 9.20 Å². The van der Waals surface area contributed by atoms with E-state index in [4.69, 9.17) is 11.6 Å². The number of nitrogens with one attached hydrogen (secondary N) is 1. The van der Waals surface area contributed by atoms with E-state index in [2.05, 4.69) is 26.2 Å². The number of halogens is 3. The zero-order valence-corrected chi connectivity index (χ0v) is 13.5. The molecule has 22 heavy (non-hydrogen) atoms. The molecule has 0 saturated carbocycles. The number of anilines is 1. The van der Waals surface area contributed by atoms with Crippen LogP contribution in [0.3, 0.4) is 0 Å². The lowest BCUT2D eigenvalue weighted by atomic mass is 10.3. The molecule has 0 fully saturated rings. The summed E-state index contributed by atoms with van der Waals surface area (Å²) in [5.41, 5.74) is 1.10. The summed E-state index contributed by atoms with van der Waals surface area (Å²) in [6.07, 6.45) is 1.51. The maximum absolute atomic E-state index is 13.7. The third kappa shape index (κ3) is 2.98. The maximum Gasteiger partial charge on any atom is 0.258 e. The van der Waals surface area contributed by atoms with E-state index in [1.165, 1.54) is 22.7 Å². The van der Waals surface area contributed by atoms with Crippen LogP contribution in [0.4, 0.5) is 10.1 Å². The number of pyridine rings is 1. The van der Waals surface area contributed by atoms with Gasteiger partial charge in [-0.15, -0.1) is 0 Å². The summed E-state index contributed by atoms with van der Waals surface area (Å²) in [5, 5.41) is 3.40. The Morgan fingerprint density at radius 2 is 2.14 bits per heavy atom. The number of rotatable bonds is 3. The van der Waals surface area contributed by atoms with Crippen molar-refractivity contribution in [2.75, 3.05) is 5.32 Å². The molecule has 0 unspecified atom stereocenters. The fraction of sp³-hybridized carbons (Fsp3) is 0.0667. The Balaban J connectivity index is 1.92. The number of nitrogens with zero attached hydrogens (tertiary/aromatic N) is 2. The van der Waals surface area contributed by atoms with E-state index < -0.39 is 0 Å². The summed E-state index contributed by atoms with van der Waals surface area (Å²) in [6, 6.07) is 9.41. The minimum atomic E-state index is -0.376. The van der Waals surface area contributed by atoms with Gasteiger partial charge < -0.3 is 5.32 Å². The van der Waals surface area contributed by atoms with Gasteiger partial charge in [0.15, 0.2) is 0 Å². The highest BCUT2D eigenvalue weighted by Gasteiger charge is 2.08. The third-order valence-electron chi connectivity index (χ3n) is 3.09. The second-order valence-electron chi connectivity index (χ2n) is 4.61. The zero-order valence-electron chi connectivity index (χ0n) is 11.2. The van der Waals surface area contributed by atoms with E-state index in [1.807, 2.05) is 0 Å². The van der Waals surface area contributed by atoms with E-state index in [0.717, 1.165) is 0 Å². The number of benzene rings is 1. The molecule has 1 N–H and O–H groups in total. The summed E-state index contributed by atoms with van der Waals surface area (Å²) < 4.78 is 15.7. The summed E-state index contributed by atoms with van der Waals surface area (Å²) in [6.45, 7) is 0.230. The lowest BCUT2D eigenvalue weighted by Gasteiger charge is -2.10. The summed E-state index contributed by atoms with van der Waals surface area (Å²) in [5.74, 6) is -0.376. The number of para-hydroxylation sites is 1. The lowest BCUT2D eigenvalue weighted by Crippen LogP contribution is -2.17. The molecule has 0 radical (unpaired) electrons. The molecule has 1 aromatic carbocycles. The Labute approximate surface area is 138 Å². The van der Waals surface area contributed by atoms with Gasteiger partial charge in [-0.05, 0) is 40.2 Å². The van der Waals surface area contributed by atoms with Crippen molar-refractivity contribution in [2.24, 2.45) is 0 Å². The number of hydrogen-bond acceptors (Lipinski definition) is 3. The molecule has 0 amide bonds. The second-order valence-corrected chi connectivity index (χ2v) is 5.90. The Morgan fingerprint density at radius 1 is 1.32 bits per heavy atom. The first-order valence-corrected chi connectivity index (χ1v) is 7.57. The molecule has 3 rings (SSSR count). The van der Waals surface area contributed by atoms with E-state index in [1.54, 1.807) is 24.3 Å². The van der Waals surface area contributed by atoms with Gasteiger partial charge >= 0.3 is 0 Å². The highest BCUT2D eigenvalue weighted by molar-refractivity contribution is 9.10. The van der Waals surface area contributed by atoms with Gasteiger partial charge in [0, 0.05) is 16.7 Å². The van der Waals surface area contributed by atoms with E-state index in [9.17, 15) is 9.18 Å². The van der Waals surface area contributed by atoms with E-state index in [0.29, 0.717) is 26.5 Å². The smallest absolute Gasteiger partial charge is 0.258 e. The van der Waals surface area contributed by atoms with Crippen molar-refractivity contribution >= 4 is 38.9 Å². The van der Waals surface area contributed by atoms with Crippen molar-refractivity contribution in [1.29, 1.82) is 0 Å². The fourth-order valence-corrected chi connectivity index (χ4v) is 2.71. The van der Waals surface area contributed by atoms with Gasteiger partial charge in [-0.25, -0.2) is 9.37 Å². The molecule has 2 aromatic heterocycles. The minimum absolute atomic E-state index is 0.230. The molecule has 2 heterocycles. The van der Waals surface area contributed by atoms with Gasteiger partial charge in [0.25, 0.3) is 5.56 Å². The molecule has 7 heteroatoms. The van der Waals surface area contributed by atoms with Crippen molar-refractivity contribution < 1.29 is 4.39 Å². The Hall–Kier alpha value is -1.92. The van der Waals surface area contributed by atoms with Gasteiger partial charge in [0.1, 0.15) is 11.5 Å². The first kappa shape index (κ1) is 15.0. The maximum atomic E-state index is 13.7. The Bertz CT molecular complexity index is 893. The minimum Gasteiger partial charge on any atom is -0.376 e. The van der Waals surface area contributed by atoms with Gasteiger partial charge in [0.2, 0.25) is 0 Å². The average molecular weight is 383 g/mol. The summed E-state index contributed by atoms with van der Waals surface area (Å²) in [4.78, 5) is 16.4. The molecule has 0 spiro atoms. The number of fused-ring (bicyclic) bond motifs is 1. The van der Waals surface area contributed by atoms with Crippen molar-refractivity contribution in [2.45, 2.75) is 6.54 Å². The van der Waals surface area contributed by atoms with Crippen LogP contribution in [-0.4, -0.2) is 9.38 Å². The average Bonchev–Trinajstić information content (AvgIpc) is 2.47. The monoisotopic (exact) mass is 381 g/mol. The van der Waals surface area contributed by atoms with Crippen molar-refractivity contribution in [3.8, 4) is 0 Å². The SMILES string of the molecule is O=c1cc(CNc2c(F)cccc2Br)nc2ccc(Cl)cn12. The predicted octanol–water partition coefficient (Wildman–Crippen LogP) is 3.86. The van der Waals surface area contributed by atoms with Gasteiger partial charge in [0.05, 0.1) is 22.9 Å². The lowest BCUT2D eigenvalue weighted by molar-refractivity contribution is 0.629. The van der Waals surface area contributed by atoms with Crippen molar-refractivity contribution in [3.05, 3.63) is 74.0 Å².